The van der Waals surface area contributed by atoms with Gasteiger partial charge in [-0.25, -0.2) is 4.79 Å². The Morgan fingerprint density at radius 2 is 1.67 bits per heavy atom. The Balaban J connectivity index is 3.05. The molecule has 1 aromatic rings. The van der Waals surface area contributed by atoms with E-state index < -0.39 is 24.0 Å². The van der Waals surface area contributed by atoms with Gasteiger partial charge in [-0.15, -0.1) is 4.91 Å². The Labute approximate surface area is 158 Å². The van der Waals surface area contributed by atoms with Gasteiger partial charge in [-0.3, -0.25) is 4.79 Å². The average Bonchev–Trinajstić information content (AvgIpc) is 2.63. The van der Waals surface area contributed by atoms with Crippen molar-refractivity contribution in [2.24, 2.45) is 11.1 Å². The van der Waals surface area contributed by atoms with Crippen LogP contribution < -0.4 is 19.5 Å². The minimum Gasteiger partial charge on any atom is -0.493 e. The number of rotatable bonds is 11. The fourth-order valence-electron chi connectivity index (χ4n) is 2.60. The fraction of sp³-hybridized carbons (Fsp3) is 0.556. The topological polar surface area (TPSA) is 124 Å². The third-order valence-electron chi connectivity index (χ3n) is 3.90. The van der Waals surface area contributed by atoms with E-state index in [0.29, 0.717) is 22.8 Å². The van der Waals surface area contributed by atoms with Crippen LogP contribution >= 0.6 is 0 Å². The van der Waals surface area contributed by atoms with E-state index in [0.717, 1.165) is 0 Å². The molecule has 9 heteroatoms. The molecular weight excluding hydrogens is 356 g/mol. The SMILES string of the molecule is COc1cc(C[C@H](NC(=O)C(CC(C)C)N=O)C(=O)O)cc(OC)c1OC. The summed E-state index contributed by atoms with van der Waals surface area (Å²) in [6.07, 6.45) is 0.205. The van der Waals surface area contributed by atoms with Gasteiger partial charge in [-0.05, 0) is 30.0 Å². The fourth-order valence-corrected chi connectivity index (χ4v) is 2.60. The number of carbonyl (C=O) groups excluding carboxylic acids is 1. The number of hydrogen-bond acceptors (Lipinski definition) is 7. The standard InChI is InChI=1S/C18H26N2O7/c1-10(2)6-12(20-24)17(21)19-13(18(22)23)7-11-8-14(25-3)16(27-5)15(9-11)26-4/h8-10,12-13H,6-7H2,1-5H3,(H,19,21)(H,22,23)/t12?,13-/m0/s1. The quantitative estimate of drug-likeness (QED) is 0.561. The Morgan fingerprint density at radius 3 is 2.04 bits per heavy atom. The average molecular weight is 382 g/mol. The van der Waals surface area contributed by atoms with Crippen molar-refractivity contribution in [1.29, 1.82) is 0 Å². The lowest BCUT2D eigenvalue weighted by Crippen LogP contribution is -2.46. The monoisotopic (exact) mass is 382 g/mol. The summed E-state index contributed by atoms with van der Waals surface area (Å²) in [6, 6.07) is 0.837. The van der Waals surface area contributed by atoms with Gasteiger partial charge >= 0.3 is 5.97 Å². The van der Waals surface area contributed by atoms with Crippen molar-refractivity contribution in [1.82, 2.24) is 5.32 Å². The maximum absolute atomic E-state index is 12.2. The smallest absolute Gasteiger partial charge is 0.326 e. The highest BCUT2D eigenvalue weighted by Gasteiger charge is 2.27. The Hall–Kier alpha value is -2.84. The van der Waals surface area contributed by atoms with Crippen LogP contribution in [0.1, 0.15) is 25.8 Å². The van der Waals surface area contributed by atoms with Crippen molar-refractivity contribution in [3.8, 4) is 17.2 Å². The van der Waals surface area contributed by atoms with E-state index in [4.69, 9.17) is 14.2 Å². The van der Waals surface area contributed by atoms with Crippen LogP contribution in [0.2, 0.25) is 0 Å². The normalized spacial score (nSPS) is 12.8. The third kappa shape index (κ3) is 6.12. The summed E-state index contributed by atoms with van der Waals surface area (Å²) >= 11 is 0. The van der Waals surface area contributed by atoms with Gasteiger partial charge in [0.25, 0.3) is 0 Å². The molecule has 0 saturated heterocycles. The molecule has 0 bridgehead atoms. The Kier molecular flexibility index (Phi) is 8.50. The van der Waals surface area contributed by atoms with Crippen LogP contribution in [0.3, 0.4) is 0 Å². The molecule has 2 atom stereocenters. The molecule has 0 fully saturated rings. The van der Waals surface area contributed by atoms with Crippen molar-refractivity contribution >= 4 is 11.9 Å². The van der Waals surface area contributed by atoms with E-state index in [1.165, 1.54) is 21.3 Å². The number of methoxy groups -OCH3 is 3. The molecule has 0 radical (unpaired) electrons. The summed E-state index contributed by atoms with van der Waals surface area (Å²) in [5, 5.41) is 14.7. The molecule has 0 aliphatic carbocycles. The zero-order valence-electron chi connectivity index (χ0n) is 16.1. The van der Waals surface area contributed by atoms with Crippen LogP contribution in [-0.2, 0) is 16.0 Å². The number of nitrogens with zero attached hydrogens (tertiary/aromatic N) is 1. The van der Waals surface area contributed by atoms with Crippen LogP contribution in [0.25, 0.3) is 0 Å². The lowest BCUT2D eigenvalue weighted by molar-refractivity contribution is -0.142. The van der Waals surface area contributed by atoms with Crippen LogP contribution in [0.5, 0.6) is 17.2 Å². The van der Waals surface area contributed by atoms with Gasteiger partial charge in [-0.1, -0.05) is 19.0 Å². The number of amides is 1. The summed E-state index contributed by atoms with van der Waals surface area (Å²) in [5.74, 6) is -0.757. The minimum atomic E-state index is -1.24. The lowest BCUT2D eigenvalue weighted by Gasteiger charge is -2.19. The highest BCUT2D eigenvalue weighted by Crippen LogP contribution is 2.38. The van der Waals surface area contributed by atoms with Crippen molar-refractivity contribution in [2.45, 2.75) is 38.8 Å². The number of benzene rings is 1. The largest absolute Gasteiger partial charge is 0.493 e. The van der Waals surface area contributed by atoms with Gasteiger partial charge < -0.3 is 24.6 Å². The molecule has 27 heavy (non-hydrogen) atoms. The predicted octanol–water partition coefficient (Wildman–Crippen LogP) is 2.01. The second-order valence-electron chi connectivity index (χ2n) is 6.39. The summed E-state index contributed by atoms with van der Waals surface area (Å²) in [5.41, 5.74) is 0.552. The molecule has 0 aliphatic rings. The number of carboxylic acid groups (broad SMARTS) is 1. The van der Waals surface area contributed by atoms with Gasteiger partial charge in [-0.2, -0.15) is 0 Å². The number of nitroso groups, excluding NO2 is 1. The molecule has 0 aromatic heterocycles. The van der Waals surface area contributed by atoms with Crippen LogP contribution in [0.4, 0.5) is 0 Å². The Morgan fingerprint density at radius 1 is 1.11 bits per heavy atom. The van der Waals surface area contributed by atoms with Crippen molar-refractivity contribution in [3.05, 3.63) is 22.6 Å². The molecule has 1 aromatic carbocycles. The Bertz CT molecular complexity index is 651. The van der Waals surface area contributed by atoms with Gasteiger partial charge in [0.05, 0.1) is 21.3 Å². The van der Waals surface area contributed by atoms with E-state index in [1.54, 1.807) is 12.1 Å². The van der Waals surface area contributed by atoms with Gasteiger partial charge in [0.15, 0.2) is 17.5 Å². The summed E-state index contributed by atoms with van der Waals surface area (Å²) in [4.78, 5) is 34.7. The molecule has 1 amide bonds. The third-order valence-corrected chi connectivity index (χ3v) is 3.90. The number of hydrogen-bond donors (Lipinski definition) is 2. The number of nitrogens with one attached hydrogen (secondary N) is 1. The first-order chi connectivity index (χ1) is 12.8. The van der Waals surface area contributed by atoms with Gasteiger partial charge in [0.1, 0.15) is 6.04 Å². The first-order valence-corrected chi connectivity index (χ1v) is 8.41. The molecule has 0 aliphatic heterocycles. The van der Waals surface area contributed by atoms with Crippen molar-refractivity contribution in [2.75, 3.05) is 21.3 Å². The molecule has 0 spiro atoms. The maximum Gasteiger partial charge on any atom is 0.326 e. The molecule has 0 saturated carbocycles. The summed E-state index contributed by atoms with van der Waals surface area (Å²) in [7, 11) is 4.36. The van der Waals surface area contributed by atoms with Crippen LogP contribution in [0.15, 0.2) is 17.3 Å². The van der Waals surface area contributed by atoms with Crippen LogP contribution in [0, 0.1) is 10.8 Å². The number of aliphatic carboxylic acids is 1. The van der Waals surface area contributed by atoms with E-state index in [9.17, 15) is 19.6 Å². The van der Waals surface area contributed by atoms with E-state index in [-0.39, 0.29) is 18.8 Å². The highest BCUT2D eigenvalue weighted by molar-refractivity contribution is 5.87. The summed E-state index contributed by atoms with van der Waals surface area (Å²) in [6.45, 7) is 3.69. The zero-order chi connectivity index (χ0) is 20.6. The molecule has 9 nitrogen and oxygen atoms in total. The second-order valence-corrected chi connectivity index (χ2v) is 6.39. The van der Waals surface area contributed by atoms with E-state index >= 15 is 0 Å². The first kappa shape index (κ1) is 22.2. The zero-order valence-corrected chi connectivity index (χ0v) is 16.1. The molecule has 1 unspecified atom stereocenters. The second kappa shape index (κ2) is 10.3. The molecular formula is C18H26N2O7. The van der Waals surface area contributed by atoms with Crippen LogP contribution in [-0.4, -0.2) is 50.4 Å². The van der Waals surface area contributed by atoms with Crippen molar-refractivity contribution in [3.63, 3.8) is 0 Å². The maximum atomic E-state index is 12.2. The highest BCUT2D eigenvalue weighted by atomic mass is 16.5. The van der Waals surface area contributed by atoms with Gasteiger partial charge in [0.2, 0.25) is 11.7 Å². The first-order valence-electron chi connectivity index (χ1n) is 8.41. The molecule has 0 heterocycles. The summed E-state index contributed by atoms with van der Waals surface area (Å²) < 4.78 is 15.7. The van der Waals surface area contributed by atoms with E-state index in [1.807, 2.05) is 13.8 Å². The predicted molar refractivity (Wildman–Crippen MR) is 98.4 cm³/mol. The number of ether oxygens (including phenoxy) is 3. The molecule has 2 N–H and O–H groups in total. The molecule has 1 rings (SSSR count). The molecule has 150 valence electrons. The van der Waals surface area contributed by atoms with Crippen molar-refractivity contribution < 1.29 is 28.9 Å². The van der Waals surface area contributed by atoms with Gasteiger partial charge in [0, 0.05) is 6.42 Å². The number of carboxylic acids is 1. The lowest BCUT2D eigenvalue weighted by atomic mass is 10.0. The minimum absolute atomic E-state index is 0.0367. The number of carbonyl (C=O) groups is 2. The van der Waals surface area contributed by atoms with E-state index in [2.05, 4.69) is 10.5 Å².